The third-order valence-electron chi connectivity index (χ3n) is 2.81. The largest absolute Gasteiger partial charge is 0.459 e. The fourth-order valence-electron chi connectivity index (χ4n) is 1.96. The standard InChI is InChI=1S/C11H13N3O3/c15-8-3-4-14(6-8)7-10-12-13-11(17-10)9-2-1-5-16-9/h1-2,5,8,15H,3-4,6-7H2/t8-/m1/s1. The van der Waals surface area contributed by atoms with Gasteiger partial charge < -0.3 is 13.9 Å². The molecule has 1 atom stereocenters. The summed E-state index contributed by atoms with van der Waals surface area (Å²) in [6.07, 6.45) is 2.14. The highest BCUT2D eigenvalue weighted by atomic mass is 16.4. The van der Waals surface area contributed by atoms with Crippen molar-refractivity contribution in [2.24, 2.45) is 0 Å². The molecule has 0 amide bonds. The molecule has 1 aliphatic rings. The van der Waals surface area contributed by atoms with Crippen LogP contribution in [0.4, 0.5) is 0 Å². The monoisotopic (exact) mass is 235 g/mol. The summed E-state index contributed by atoms with van der Waals surface area (Å²) < 4.78 is 10.7. The Balaban J connectivity index is 1.69. The molecule has 0 spiro atoms. The molecule has 17 heavy (non-hydrogen) atoms. The molecule has 2 aromatic heterocycles. The fourth-order valence-corrected chi connectivity index (χ4v) is 1.96. The van der Waals surface area contributed by atoms with Crippen LogP contribution >= 0.6 is 0 Å². The maximum Gasteiger partial charge on any atom is 0.283 e. The molecule has 0 aromatic carbocycles. The number of likely N-dealkylation sites (tertiary alicyclic amines) is 1. The van der Waals surface area contributed by atoms with Gasteiger partial charge in [-0.3, -0.25) is 4.90 Å². The highest BCUT2D eigenvalue weighted by Gasteiger charge is 2.22. The van der Waals surface area contributed by atoms with Gasteiger partial charge in [-0.2, -0.15) is 0 Å². The summed E-state index contributed by atoms with van der Waals surface area (Å²) in [5, 5.41) is 17.3. The molecule has 2 aromatic rings. The van der Waals surface area contributed by atoms with E-state index in [1.165, 1.54) is 0 Å². The number of aliphatic hydroxyl groups excluding tert-OH is 1. The summed E-state index contributed by atoms with van der Waals surface area (Å²) >= 11 is 0. The van der Waals surface area contributed by atoms with E-state index in [1.807, 2.05) is 0 Å². The van der Waals surface area contributed by atoms with E-state index in [4.69, 9.17) is 8.83 Å². The maximum atomic E-state index is 9.41. The molecule has 1 N–H and O–H groups in total. The first-order valence-corrected chi connectivity index (χ1v) is 5.58. The Labute approximate surface area is 97.9 Å². The Morgan fingerprint density at radius 1 is 1.47 bits per heavy atom. The average Bonchev–Trinajstić information content (AvgIpc) is 3.00. The van der Waals surface area contributed by atoms with E-state index in [9.17, 15) is 5.11 Å². The van der Waals surface area contributed by atoms with Crippen LogP contribution in [0.5, 0.6) is 0 Å². The highest BCUT2D eigenvalue weighted by Crippen LogP contribution is 2.19. The lowest BCUT2D eigenvalue weighted by Gasteiger charge is -2.10. The first-order valence-electron chi connectivity index (χ1n) is 5.58. The van der Waals surface area contributed by atoms with E-state index < -0.39 is 0 Å². The summed E-state index contributed by atoms with van der Waals surface area (Å²) in [6.45, 7) is 2.10. The van der Waals surface area contributed by atoms with Crippen LogP contribution in [0.25, 0.3) is 11.7 Å². The third-order valence-corrected chi connectivity index (χ3v) is 2.81. The van der Waals surface area contributed by atoms with Crippen molar-refractivity contribution < 1.29 is 13.9 Å². The summed E-state index contributed by atoms with van der Waals surface area (Å²) in [5.41, 5.74) is 0. The van der Waals surface area contributed by atoms with E-state index in [-0.39, 0.29) is 6.10 Å². The summed E-state index contributed by atoms with van der Waals surface area (Å²) in [4.78, 5) is 2.09. The van der Waals surface area contributed by atoms with Gasteiger partial charge in [-0.25, -0.2) is 0 Å². The van der Waals surface area contributed by atoms with Gasteiger partial charge in [0, 0.05) is 13.1 Å². The van der Waals surface area contributed by atoms with Crippen LogP contribution in [-0.2, 0) is 6.54 Å². The molecule has 1 saturated heterocycles. The number of hydrogen-bond donors (Lipinski definition) is 1. The van der Waals surface area contributed by atoms with Gasteiger partial charge in [0.05, 0.1) is 18.9 Å². The lowest BCUT2D eigenvalue weighted by Crippen LogP contribution is -2.21. The number of β-amino-alcohol motifs (C(OH)–C–C–N with tert-alkyl or cyclic N) is 1. The third kappa shape index (κ3) is 2.22. The van der Waals surface area contributed by atoms with Crippen LogP contribution in [0, 0.1) is 0 Å². The molecule has 6 heteroatoms. The normalized spacial score (nSPS) is 21.1. The number of furan rings is 1. The Morgan fingerprint density at radius 3 is 3.12 bits per heavy atom. The SMILES string of the molecule is O[C@@H]1CCN(Cc2nnc(-c3ccco3)o2)C1. The molecule has 0 saturated carbocycles. The Kier molecular flexibility index (Phi) is 2.66. The highest BCUT2D eigenvalue weighted by molar-refractivity contribution is 5.42. The lowest BCUT2D eigenvalue weighted by molar-refractivity contribution is 0.171. The van der Waals surface area contributed by atoms with Crippen molar-refractivity contribution in [1.82, 2.24) is 15.1 Å². The van der Waals surface area contributed by atoms with E-state index in [1.54, 1.807) is 18.4 Å². The fraction of sp³-hybridized carbons (Fsp3) is 0.455. The molecule has 6 nitrogen and oxygen atoms in total. The van der Waals surface area contributed by atoms with Crippen LogP contribution in [0.3, 0.4) is 0 Å². The number of nitrogens with zero attached hydrogens (tertiary/aromatic N) is 3. The zero-order valence-electron chi connectivity index (χ0n) is 9.24. The molecule has 3 heterocycles. The molecule has 1 aliphatic heterocycles. The maximum absolute atomic E-state index is 9.41. The van der Waals surface area contributed by atoms with Gasteiger partial charge in [-0.15, -0.1) is 10.2 Å². The number of aliphatic hydroxyl groups is 1. The van der Waals surface area contributed by atoms with Gasteiger partial charge in [-0.05, 0) is 18.6 Å². The number of aromatic nitrogens is 2. The van der Waals surface area contributed by atoms with Crippen molar-refractivity contribution >= 4 is 0 Å². The second-order valence-electron chi connectivity index (χ2n) is 4.16. The van der Waals surface area contributed by atoms with Crippen LogP contribution in [0.1, 0.15) is 12.3 Å². The molecular formula is C11H13N3O3. The summed E-state index contributed by atoms with van der Waals surface area (Å²) in [7, 11) is 0. The average molecular weight is 235 g/mol. The first kappa shape index (κ1) is 10.5. The minimum absolute atomic E-state index is 0.234. The van der Waals surface area contributed by atoms with Gasteiger partial charge in [-0.1, -0.05) is 0 Å². The molecule has 0 aliphatic carbocycles. The van der Waals surface area contributed by atoms with Crippen molar-refractivity contribution in [1.29, 1.82) is 0 Å². The van der Waals surface area contributed by atoms with Gasteiger partial charge >= 0.3 is 0 Å². The molecule has 3 rings (SSSR count). The Hall–Kier alpha value is -1.66. The van der Waals surface area contributed by atoms with Crippen LogP contribution < -0.4 is 0 Å². The van der Waals surface area contributed by atoms with Crippen molar-refractivity contribution in [2.75, 3.05) is 13.1 Å². The first-order chi connectivity index (χ1) is 8.31. The lowest BCUT2D eigenvalue weighted by atomic mass is 10.3. The Bertz CT molecular complexity index is 480. The van der Waals surface area contributed by atoms with Gasteiger partial charge in [0.2, 0.25) is 5.89 Å². The van der Waals surface area contributed by atoms with Crippen LogP contribution in [-0.4, -0.2) is 39.4 Å². The topological polar surface area (TPSA) is 75.5 Å². The quantitative estimate of drug-likeness (QED) is 0.851. The Morgan fingerprint density at radius 2 is 2.41 bits per heavy atom. The van der Waals surface area contributed by atoms with Crippen molar-refractivity contribution in [3.63, 3.8) is 0 Å². The number of hydrogen-bond acceptors (Lipinski definition) is 6. The van der Waals surface area contributed by atoms with E-state index in [0.29, 0.717) is 30.6 Å². The molecule has 0 bridgehead atoms. The van der Waals surface area contributed by atoms with Crippen molar-refractivity contribution in [3.05, 3.63) is 24.3 Å². The molecular weight excluding hydrogens is 222 g/mol. The predicted octanol–water partition coefficient (Wildman–Crippen LogP) is 0.896. The number of rotatable bonds is 3. The smallest absolute Gasteiger partial charge is 0.283 e. The van der Waals surface area contributed by atoms with Gasteiger partial charge in [0.1, 0.15) is 0 Å². The van der Waals surface area contributed by atoms with Gasteiger partial charge in [0.15, 0.2) is 5.76 Å². The van der Waals surface area contributed by atoms with E-state index in [0.717, 1.165) is 13.0 Å². The predicted molar refractivity (Wildman–Crippen MR) is 57.9 cm³/mol. The van der Waals surface area contributed by atoms with Crippen molar-refractivity contribution in [3.8, 4) is 11.7 Å². The zero-order valence-corrected chi connectivity index (χ0v) is 9.24. The van der Waals surface area contributed by atoms with Crippen LogP contribution in [0.15, 0.2) is 27.2 Å². The molecule has 0 radical (unpaired) electrons. The van der Waals surface area contributed by atoms with E-state index >= 15 is 0 Å². The molecule has 1 fully saturated rings. The zero-order chi connectivity index (χ0) is 11.7. The van der Waals surface area contributed by atoms with Gasteiger partial charge in [0.25, 0.3) is 5.89 Å². The minimum Gasteiger partial charge on any atom is -0.459 e. The summed E-state index contributed by atoms with van der Waals surface area (Å²) in [6, 6.07) is 3.55. The van der Waals surface area contributed by atoms with Crippen LogP contribution in [0.2, 0.25) is 0 Å². The second kappa shape index (κ2) is 4.31. The van der Waals surface area contributed by atoms with Crippen molar-refractivity contribution in [2.45, 2.75) is 19.1 Å². The molecule has 0 unspecified atom stereocenters. The van der Waals surface area contributed by atoms with E-state index in [2.05, 4.69) is 15.1 Å². The molecule has 90 valence electrons. The summed E-state index contributed by atoms with van der Waals surface area (Å²) in [5.74, 6) is 1.51. The second-order valence-corrected chi connectivity index (χ2v) is 4.16. The minimum atomic E-state index is -0.234.